The van der Waals surface area contributed by atoms with E-state index >= 15 is 0 Å². The zero-order chi connectivity index (χ0) is 22.2. The van der Waals surface area contributed by atoms with Crippen molar-refractivity contribution >= 4 is 17.5 Å². The Hall–Kier alpha value is -3.46. The fourth-order valence-electron chi connectivity index (χ4n) is 3.05. The lowest BCUT2D eigenvalue weighted by atomic mass is 10.1. The third-order valence-electron chi connectivity index (χ3n) is 4.52. The van der Waals surface area contributed by atoms with E-state index in [-0.39, 0.29) is 0 Å². The molecule has 1 N–H and O–H groups in total. The molecule has 0 aliphatic rings. The molecule has 0 bridgehead atoms. The van der Waals surface area contributed by atoms with E-state index in [1.165, 1.54) is 11.8 Å². The normalized spacial score (nSPS) is 11.3. The van der Waals surface area contributed by atoms with Crippen molar-refractivity contribution in [2.24, 2.45) is 5.16 Å². The molecule has 31 heavy (non-hydrogen) atoms. The van der Waals surface area contributed by atoms with Crippen LogP contribution < -0.4 is 14.2 Å². The number of oxime groups is 1. The second kappa shape index (κ2) is 10.5. The molecule has 162 valence electrons. The summed E-state index contributed by atoms with van der Waals surface area (Å²) in [4.78, 5) is 0. The molecule has 0 aliphatic heterocycles. The number of hydrogen-bond donors (Lipinski definition) is 1. The van der Waals surface area contributed by atoms with E-state index in [4.69, 9.17) is 14.2 Å². The van der Waals surface area contributed by atoms with Gasteiger partial charge in [-0.15, -0.1) is 16.8 Å². The van der Waals surface area contributed by atoms with Gasteiger partial charge in [0.25, 0.3) is 0 Å². The van der Waals surface area contributed by atoms with Crippen molar-refractivity contribution in [3.05, 3.63) is 60.7 Å². The van der Waals surface area contributed by atoms with Crippen molar-refractivity contribution in [1.29, 1.82) is 0 Å². The van der Waals surface area contributed by atoms with Crippen LogP contribution in [0.4, 0.5) is 0 Å². The van der Waals surface area contributed by atoms with E-state index in [0.717, 1.165) is 11.1 Å². The molecule has 8 nitrogen and oxygen atoms in total. The van der Waals surface area contributed by atoms with E-state index in [0.29, 0.717) is 46.2 Å². The number of allylic oxidation sites excluding steroid dienone is 1. The summed E-state index contributed by atoms with van der Waals surface area (Å²) in [6.45, 7) is 4.34. The Labute approximate surface area is 185 Å². The molecule has 1 aromatic heterocycles. The highest BCUT2D eigenvalue weighted by atomic mass is 32.2. The summed E-state index contributed by atoms with van der Waals surface area (Å²) in [6, 6.07) is 13.1. The number of nitrogens with zero attached hydrogens (tertiary/aromatic N) is 4. The van der Waals surface area contributed by atoms with Crippen LogP contribution in [0.15, 0.2) is 65.4 Å². The molecule has 0 fully saturated rings. The molecule has 0 saturated carbocycles. The van der Waals surface area contributed by atoms with Gasteiger partial charge >= 0.3 is 0 Å². The minimum Gasteiger partial charge on any atom is -0.493 e. The standard InChI is InChI=1S/C22H24N4O4S/c1-5-11-26-21(16-12-18(28-2)20(30-4)19(13-16)29-3)23-24-22(26)31-14-17(25-27)15-9-7-6-8-10-15/h5-10,12-13,27H,1,11,14H2,2-4H3/b25-17-. The van der Waals surface area contributed by atoms with E-state index in [1.54, 1.807) is 27.4 Å². The van der Waals surface area contributed by atoms with Crippen LogP contribution in [0.3, 0.4) is 0 Å². The summed E-state index contributed by atoms with van der Waals surface area (Å²) in [5.41, 5.74) is 2.15. The minimum atomic E-state index is 0.422. The highest BCUT2D eigenvalue weighted by molar-refractivity contribution is 7.99. The summed E-state index contributed by atoms with van der Waals surface area (Å²) in [5.74, 6) is 2.61. The largest absolute Gasteiger partial charge is 0.493 e. The summed E-state index contributed by atoms with van der Waals surface area (Å²) in [7, 11) is 4.69. The third kappa shape index (κ3) is 4.83. The van der Waals surface area contributed by atoms with Gasteiger partial charge in [-0.3, -0.25) is 4.57 Å². The lowest BCUT2D eigenvalue weighted by molar-refractivity contribution is 0.319. The number of methoxy groups -OCH3 is 3. The quantitative estimate of drug-likeness (QED) is 0.167. The maximum absolute atomic E-state index is 9.45. The summed E-state index contributed by atoms with van der Waals surface area (Å²) in [6.07, 6.45) is 1.77. The maximum atomic E-state index is 9.45. The van der Waals surface area contributed by atoms with Gasteiger partial charge in [0.1, 0.15) is 0 Å². The van der Waals surface area contributed by atoms with E-state index in [9.17, 15) is 5.21 Å². The summed E-state index contributed by atoms with van der Waals surface area (Å²) >= 11 is 1.42. The molecular formula is C22H24N4O4S. The van der Waals surface area contributed by atoms with Crippen molar-refractivity contribution in [2.75, 3.05) is 27.1 Å². The van der Waals surface area contributed by atoms with E-state index < -0.39 is 0 Å². The molecule has 0 unspecified atom stereocenters. The van der Waals surface area contributed by atoms with Crippen LogP contribution in [-0.2, 0) is 6.54 Å². The van der Waals surface area contributed by atoms with Crippen LogP contribution in [0.5, 0.6) is 17.2 Å². The molecule has 9 heteroatoms. The lowest BCUT2D eigenvalue weighted by Crippen LogP contribution is -2.07. The van der Waals surface area contributed by atoms with Crippen LogP contribution in [-0.4, -0.2) is 52.8 Å². The highest BCUT2D eigenvalue weighted by Crippen LogP contribution is 2.41. The number of rotatable bonds is 10. The highest BCUT2D eigenvalue weighted by Gasteiger charge is 2.20. The second-order valence-corrected chi connectivity index (χ2v) is 7.26. The van der Waals surface area contributed by atoms with Crippen LogP contribution in [0.1, 0.15) is 5.56 Å². The Kier molecular flexibility index (Phi) is 7.55. The first-order valence-electron chi connectivity index (χ1n) is 9.40. The van der Waals surface area contributed by atoms with Gasteiger partial charge in [0.05, 0.1) is 27.0 Å². The van der Waals surface area contributed by atoms with Crippen molar-refractivity contribution in [3.63, 3.8) is 0 Å². The van der Waals surface area contributed by atoms with Gasteiger partial charge in [0, 0.05) is 23.4 Å². The first-order chi connectivity index (χ1) is 15.2. The molecule has 3 aromatic rings. The van der Waals surface area contributed by atoms with Crippen LogP contribution in [0, 0.1) is 0 Å². The van der Waals surface area contributed by atoms with Crippen molar-refractivity contribution in [1.82, 2.24) is 14.8 Å². The number of benzene rings is 2. The molecular weight excluding hydrogens is 416 g/mol. The lowest BCUT2D eigenvalue weighted by Gasteiger charge is -2.14. The van der Waals surface area contributed by atoms with Crippen LogP contribution in [0.25, 0.3) is 11.4 Å². The van der Waals surface area contributed by atoms with Gasteiger partial charge < -0.3 is 19.4 Å². The first kappa shape index (κ1) is 22.2. The molecule has 2 aromatic carbocycles. The van der Waals surface area contributed by atoms with Gasteiger partial charge in [-0.05, 0) is 12.1 Å². The maximum Gasteiger partial charge on any atom is 0.203 e. The molecule has 0 aliphatic carbocycles. The predicted molar refractivity (Wildman–Crippen MR) is 121 cm³/mol. The van der Waals surface area contributed by atoms with Crippen LogP contribution in [0.2, 0.25) is 0 Å². The number of aromatic nitrogens is 3. The van der Waals surface area contributed by atoms with Gasteiger partial charge in [-0.2, -0.15) is 0 Å². The van der Waals surface area contributed by atoms with Gasteiger partial charge in [0.15, 0.2) is 22.5 Å². The fourth-order valence-corrected chi connectivity index (χ4v) is 3.95. The monoisotopic (exact) mass is 440 g/mol. The Bertz CT molecular complexity index is 1040. The molecule has 1 heterocycles. The smallest absolute Gasteiger partial charge is 0.203 e. The molecule has 0 saturated heterocycles. The molecule has 0 radical (unpaired) electrons. The first-order valence-corrected chi connectivity index (χ1v) is 10.4. The summed E-state index contributed by atoms with van der Waals surface area (Å²) < 4.78 is 18.2. The molecule has 0 spiro atoms. The molecule has 0 amide bonds. The van der Waals surface area contributed by atoms with E-state index in [2.05, 4.69) is 21.9 Å². The average molecular weight is 441 g/mol. The zero-order valence-corrected chi connectivity index (χ0v) is 18.4. The van der Waals surface area contributed by atoms with Gasteiger partial charge in [0.2, 0.25) is 5.75 Å². The third-order valence-corrected chi connectivity index (χ3v) is 5.50. The molecule has 0 atom stereocenters. The topological polar surface area (TPSA) is 91.0 Å². The Morgan fingerprint density at radius 1 is 1.10 bits per heavy atom. The van der Waals surface area contributed by atoms with Gasteiger partial charge in [-0.25, -0.2) is 0 Å². The summed E-state index contributed by atoms with van der Waals surface area (Å²) in [5, 5.41) is 22.3. The Morgan fingerprint density at radius 2 is 1.77 bits per heavy atom. The SMILES string of the molecule is C=CCn1c(SC/C(=N/O)c2ccccc2)nnc1-c1cc(OC)c(OC)c(OC)c1. The zero-order valence-electron chi connectivity index (χ0n) is 17.6. The number of ether oxygens (including phenoxy) is 3. The minimum absolute atomic E-state index is 0.422. The van der Waals surface area contributed by atoms with Crippen molar-refractivity contribution in [2.45, 2.75) is 11.7 Å². The fraction of sp³-hybridized carbons (Fsp3) is 0.227. The number of thioether (sulfide) groups is 1. The van der Waals surface area contributed by atoms with Gasteiger partial charge in [-0.1, -0.05) is 53.3 Å². The average Bonchev–Trinajstić information content (AvgIpc) is 3.21. The Morgan fingerprint density at radius 3 is 2.32 bits per heavy atom. The number of hydrogen-bond acceptors (Lipinski definition) is 8. The predicted octanol–water partition coefficient (Wildman–Crippen LogP) is 4.13. The van der Waals surface area contributed by atoms with Crippen LogP contribution >= 0.6 is 11.8 Å². The van der Waals surface area contributed by atoms with Crippen molar-refractivity contribution < 1.29 is 19.4 Å². The van der Waals surface area contributed by atoms with Crippen molar-refractivity contribution in [3.8, 4) is 28.6 Å². The molecule has 3 rings (SSSR count). The second-order valence-electron chi connectivity index (χ2n) is 6.32. The van der Waals surface area contributed by atoms with E-state index in [1.807, 2.05) is 47.0 Å². The Balaban J connectivity index is 1.95.